The minimum Gasteiger partial charge on any atom is -0.469 e. The number of carbonyl (C=O) groups is 2. The van der Waals surface area contributed by atoms with Crippen molar-refractivity contribution in [3.8, 4) is 0 Å². The van der Waals surface area contributed by atoms with E-state index in [1.165, 1.54) is 13.2 Å². The molecule has 0 spiro atoms. The molecule has 0 heterocycles. The lowest BCUT2D eigenvalue weighted by molar-refractivity contribution is -0.140. The van der Waals surface area contributed by atoms with E-state index in [9.17, 15) is 18.4 Å². The second-order valence-electron chi connectivity index (χ2n) is 3.53. The van der Waals surface area contributed by atoms with Crippen LogP contribution in [0.3, 0.4) is 0 Å². The molecule has 0 aliphatic heterocycles. The Labute approximate surface area is 103 Å². The second-order valence-corrected chi connectivity index (χ2v) is 3.53. The van der Waals surface area contributed by atoms with Crippen LogP contribution in [-0.4, -0.2) is 25.5 Å². The standard InChI is InChI=1S/C12H13F2NO3/c1-18-10(16)6-3-7-15-12(17)11-8(13)4-2-5-9(11)14/h2,4-5H,3,6-7H2,1H3,(H,15,17). The van der Waals surface area contributed by atoms with Crippen molar-refractivity contribution in [3.63, 3.8) is 0 Å². The van der Waals surface area contributed by atoms with Crippen LogP contribution < -0.4 is 5.32 Å². The van der Waals surface area contributed by atoms with Gasteiger partial charge >= 0.3 is 5.97 Å². The molecule has 0 aliphatic rings. The lowest BCUT2D eigenvalue weighted by Crippen LogP contribution is -2.26. The summed E-state index contributed by atoms with van der Waals surface area (Å²) in [4.78, 5) is 22.3. The van der Waals surface area contributed by atoms with Crippen molar-refractivity contribution in [2.24, 2.45) is 0 Å². The van der Waals surface area contributed by atoms with Crippen molar-refractivity contribution in [1.82, 2.24) is 5.32 Å². The third-order valence-electron chi connectivity index (χ3n) is 2.26. The molecule has 0 fully saturated rings. The molecule has 0 bridgehead atoms. The zero-order valence-corrected chi connectivity index (χ0v) is 9.83. The van der Waals surface area contributed by atoms with Gasteiger partial charge in [-0.1, -0.05) is 6.07 Å². The number of nitrogens with one attached hydrogen (secondary N) is 1. The third-order valence-corrected chi connectivity index (χ3v) is 2.26. The van der Waals surface area contributed by atoms with Crippen LogP contribution in [-0.2, 0) is 9.53 Å². The summed E-state index contributed by atoms with van der Waals surface area (Å²) >= 11 is 0. The molecule has 98 valence electrons. The molecule has 1 N–H and O–H groups in total. The second kappa shape index (κ2) is 6.68. The van der Waals surface area contributed by atoms with E-state index in [1.807, 2.05) is 0 Å². The molecule has 0 saturated carbocycles. The Kier molecular flexibility index (Phi) is 5.23. The molecule has 0 aromatic heterocycles. The highest BCUT2D eigenvalue weighted by atomic mass is 19.1. The van der Waals surface area contributed by atoms with Gasteiger partial charge < -0.3 is 10.1 Å². The molecule has 18 heavy (non-hydrogen) atoms. The topological polar surface area (TPSA) is 55.4 Å². The minimum atomic E-state index is -0.916. The van der Waals surface area contributed by atoms with E-state index in [4.69, 9.17) is 0 Å². The zero-order valence-electron chi connectivity index (χ0n) is 9.83. The van der Waals surface area contributed by atoms with Crippen molar-refractivity contribution in [2.75, 3.05) is 13.7 Å². The number of esters is 1. The van der Waals surface area contributed by atoms with Gasteiger partial charge in [-0.25, -0.2) is 8.78 Å². The normalized spacial score (nSPS) is 9.94. The molecular weight excluding hydrogens is 244 g/mol. The van der Waals surface area contributed by atoms with Crippen molar-refractivity contribution >= 4 is 11.9 Å². The predicted molar refractivity (Wildman–Crippen MR) is 59.9 cm³/mol. The summed E-state index contributed by atoms with van der Waals surface area (Å²) in [5.41, 5.74) is -0.615. The molecule has 1 amide bonds. The Morgan fingerprint density at radius 2 is 1.89 bits per heavy atom. The molecule has 0 saturated heterocycles. The number of halogens is 2. The molecule has 1 aromatic carbocycles. The first-order valence-corrected chi connectivity index (χ1v) is 5.35. The zero-order chi connectivity index (χ0) is 13.5. The Balaban J connectivity index is 2.49. The number of benzene rings is 1. The molecule has 0 unspecified atom stereocenters. The van der Waals surface area contributed by atoms with E-state index in [0.29, 0.717) is 6.42 Å². The van der Waals surface area contributed by atoms with E-state index < -0.39 is 29.1 Å². The van der Waals surface area contributed by atoms with Gasteiger partial charge in [0.25, 0.3) is 5.91 Å². The van der Waals surface area contributed by atoms with E-state index in [2.05, 4.69) is 10.1 Å². The van der Waals surface area contributed by atoms with Gasteiger partial charge in [-0.05, 0) is 18.6 Å². The lowest BCUT2D eigenvalue weighted by Gasteiger charge is -2.06. The van der Waals surface area contributed by atoms with Crippen molar-refractivity contribution in [3.05, 3.63) is 35.4 Å². The number of amides is 1. The third kappa shape index (κ3) is 3.80. The van der Waals surface area contributed by atoms with E-state index in [0.717, 1.165) is 12.1 Å². The highest BCUT2D eigenvalue weighted by Crippen LogP contribution is 2.11. The van der Waals surface area contributed by atoms with Crippen LogP contribution in [0, 0.1) is 11.6 Å². The first-order valence-electron chi connectivity index (χ1n) is 5.35. The maximum Gasteiger partial charge on any atom is 0.305 e. The number of hydrogen-bond acceptors (Lipinski definition) is 3. The number of methoxy groups -OCH3 is 1. The molecular formula is C12H13F2NO3. The molecule has 1 aromatic rings. The molecule has 1 rings (SSSR count). The van der Waals surface area contributed by atoms with Crippen LogP contribution in [0.15, 0.2) is 18.2 Å². The van der Waals surface area contributed by atoms with Crippen LogP contribution in [0.1, 0.15) is 23.2 Å². The van der Waals surface area contributed by atoms with Crippen molar-refractivity contribution in [1.29, 1.82) is 0 Å². The highest BCUT2D eigenvalue weighted by molar-refractivity contribution is 5.94. The van der Waals surface area contributed by atoms with Gasteiger partial charge in [0.1, 0.15) is 17.2 Å². The van der Waals surface area contributed by atoms with Gasteiger partial charge in [0, 0.05) is 13.0 Å². The van der Waals surface area contributed by atoms with E-state index in [1.54, 1.807) is 0 Å². The van der Waals surface area contributed by atoms with E-state index in [-0.39, 0.29) is 13.0 Å². The average molecular weight is 257 g/mol. The Morgan fingerprint density at radius 1 is 1.28 bits per heavy atom. The fraction of sp³-hybridized carbons (Fsp3) is 0.333. The quantitative estimate of drug-likeness (QED) is 0.644. The summed E-state index contributed by atoms with van der Waals surface area (Å²) in [5, 5.41) is 2.33. The van der Waals surface area contributed by atoms with Crippen LogP contribution in [0.5, 0.6) is 0 Å². The first-order chi connectivity index (χ1) is 8.56. The molecule has 6 heteroatoms. The first kappa shape index (κ1) is 14.1. The van der Waals surface area contributed by atoms with Gasteiger partial charge in [-0.15, -0.1) is 0 Å². The SMILES string of the molecule is COC(=O)CCCNC(=O)c1c(F)cccc1F. The molecule has 4 nitrogen and oxygen atoms in total. The summed E-state index contributed by atoms with van der Waals surface area (Å²) in [7, 11) is 1.26. The predicted octanol–water partition coefficient (Wildman–Crippen LogP) is 1.65. The monoisotopic (exact) mass is 257 g/mol. The Hall–Kier alpha value is -1.98. The number of rotatable bonds is 5. The number of ether oxygens (including phenoxy) is 1. The summed E-state index contributed by atoms with van der Waals surface area (Å²) in [6, 6.07) is 3.19. The maximum absolute atomic E-state index is 13.2. The van der Waals surface area contributed by atoms with E-state index >= 15 is 0 Å². The molecule has 0 radical (unpaired) electrons. The summed E-state index contributed by atoms with van der Waals surface area (Å²) in [5.74, 6) is -3.07. The summed E-state index contributed by atoms with van der Waals surface area (Å²) in [6.45, 7) is 0.141. The molecule has 0 aliphatic carbocycles. The fourth-order valence-corrected chi connectivity index (χ4v) is 1.34. The Morgan fingerprint density at radius 3 is 2.44 bits per heavy atom. The minimum absolute atomic E-state index is 0.135. The van der Waals surface area contributed by atoms with Crippen LogP contribution in [0.4, 0.5) is 8.78 Å². The lowest BCUT2D eigenvalue weighted by atomic mass is 10.2. The van der Waals surface area contributed by atoms with Gasteiger partial charge in [-0.3, -0.25) is 9.59 Å². The maximum atomic E-state index is 13.2. The summed E-state index contributed by atoms with van der Waals surface area (Å²) in [6.07, 6.45) is 0.477. The average Bonchev–Trinajstić information content (AvgIpc) is 2.34. The van der Waals surface area contributed by atoms with Crippen molar-refractivity contribution < 1.29 is 23.1 Å². The van der Waals surface area contributed by atoms with Gasteiger partial charge in [-0.2, -0.15) is 0 Å². The fourth-order valence-electron chi connectivity index (χ4n) is 1.34. The van der Waals surface area contributed by atoms with Gasteiger partial charge in [0.15, 0.2) is 0 Å². The van der Waals surface area contributed by atoms with Crippen LogP contribution >= 0.6 is 0 Å². The highest BCUT2D eigenvalue weighted by Gasteiger charge is 2.16. The number of hydrogen-bond donors (Lipinski definition) is 1. The van der Waals surface area contributed by atoms with Crippen LogP contribution in [0.2, 0.25) is 0 Å². The largest absolute Gasteiger partial charge is 0.469 e. The van der Waals surface area contributed by atoms with Crippen LogP contribution in [0.25, 0.3) is 0 Å². The molecule has 0 atom stereocenters. The van der Waals surface area contributed by atoms with Gasteiger partial charge in [0.2, 0.25) is 0 Å². The number of carbonyl (C=O) groups excluding carboxylic acids is 2. The van der Waals surface area contributed by atoms with Gasteiger partial charge in [0.05, 0.1) is 7.11 Å². The Bertz CT molecular complexity index is 429. The summed E-state index contributed by atoms with van der Waals surface area (Å²) < 4.78 is 30.8. The van der Waals surface area contributed by atoms with Crippen molar-refractivity contribution in [2.45, 2.75) is 12.8 Å². The smallest absolute Gasteiger partial charge is 0.305 e.